The second-order valence-electron chi connectivity index (χ2n) is 3.67. The molecule has 0 unspecified atom stereocenters. The molecule has 4 heteroatoms. The highest BCUT2D eigenvalue weighted by Gasteiger charge is 2.02. The lowest BCUT2D eigenvalue weighted by atomic mass is 10.2. The zero-order valence-corrected chi connectivity index (χ0v) is 10.2. The Morgan fingerprint density at radius 1 is 1.44 bits per heavy atom. The molecule has 3 nitrogen and oxygen atoms in total. The molecule has 0 radical (unpaired) electrons. The number of hydrogen-bond donors (Lipinski definition) is 1. The molecule has 0 amide bonds. The monoisotopic (exact) mass is 234 g/mol. The first-order valence-corrected chi connectivity index (χ1v) is 5.48. The summed E-state index contributed by atoms with van der Waals surface area (Å²) in [6, 6.07) is 8.17. The van der Waals surface area contributed by atoms with Crippen LogP contribution in [0.1, 0.15) is 11.3 Å². The van der Waals surface area contributed by atoms with Crippen LogP contribution < -0.4 is 0 Å². The van der Waals surface area contributed by atoms with E-state index < -0.39 is 0 Å². The lowest BCUT2D eigenvalue weighted by Gasteiger charge is -2.07. The van der Waals surface area contributed by atoms with E-state index in [-0.39, 0.29) is 0 Å². The average molecular weight is 234 g/mol. The van der Waals surface area contributed by atoms with Gasteiger partial charge in [0.05, 0.1) is 6.61 Å². The van der Waals surface area contributed by atoms with E-state index in [1.54, 1.807) is 7.11 Å². The third-order valence-corrected chi connectivity index (χ3v) is 2.74. The van der Waals surface area contributed by atoms with E-state index in [0.29, 0.717) is 11.4 Å². The first-order valence-electron chi connectivity index (χ1n) is 5.07. The zero-order valence-electron chi connectivity index (χ0n) is 9.36. The van der Waals surface area contributed by atoms with Gasteiger partial charge in [-0.05, 0) is 36.8 Å². The van der Waals surface area contributed by atoms with Gasteiger partial charge in [0, 0.05) is 24.7 Å². The highest BCUT2D eigenvalue weighted by molar-refractivity contribution is 7.71. The summed E-state index contributed by atoms with van der Waals surface area (Å²) >= 11 is 5.24. The van der Waals surface area contributed by atoms with E-state index in [1.807, 2.05) is 35.9 Å². The smallest absolute Gasteiger partial charge is 0.182 e. The molecule has 0 aliphatic heterocycles. The molecule has 0 atom stereocenters. The minimum absolute atomic E-state index is 0.616. The van der Waals surface area contributed by atoms with Crippen LogP contribution in [0.25, 0.3) is 5.69 Å². The Morgan fingerprint density at radius 2 is 2.25 bits per heavy atom. The fourth-order valence-corrected chi connectivity index (χ4v) is 2.04. The molecule has 0 aliphatic rings. The summed E-state index contributed by atoms with van der Waals surface area (Å²) in [6.07, 6.45) is 1.91. The van der Waals surface area contributed by atoms with Gasteiger partial charge in [0.2, 0.25) is 0 Å². The van der Waals surface area contributed by atoms with Crippen LogP contribution >= 0.6 is 12.2 Å². The second-order valence-corrected chi connectivity index (χ2v) is 4.06. The van der Waals surface area contributed by atoms with Crippen molar-refractivity contribution in [2.75, 3.05) is 7.11 Å². The maximum atomic E-state index is 5.24. The number of nitrogens with one attached hydrogen (secondary N) is 1. The van der Waals surface area contributed by atoms with Crippen molar-refractivity contribution in [3.8, 4) is 5.69 Å². The fraction of sp³-hybridized carbons (Fsp3) is 0.250. The highest BCUT2D eigenvalue weighted by atomic mass is 32.1. The molecule has 0 fully saturated rings. The zero-order chi connectivity index (χ0) is 11.5. The normalized spacial score (nSPS) is 10.6. The summed E-state index contributed by atoms with van der Waals surface area (Å²) in [6.45, 7) is 2.64. The van der Waals surface area contributed by atoms with Crippen molar-refractivity contribution >= 4 is 12.2 Å². The van der Waals surface area contributed by atoms with Gasteiger partial charge in [-0.3, -0.25) is 4.57 Å². The van der Waals surface area contributed by atoms with E-state index in [9.17, 15) is 0 Å². The van der Waals surface area contributed by atoms with Gasteiger partial charge in [-0.1, -0.05) is 12.1 Å². The number of aromatic amines is 1. The van der Waals surface area contributed by atoms with Crippen molar-refractivity contribution in [2.24, 2.45) is 0 Å². The standard InChI is InChI=1S/C12H14N2OS/c1-9-7-13-12(16)14(9)11-5-3-4-10(6-11)8-15-2/h3-7H,8H2,1-2H3,(H,13,16). The van der Waals surface area contributed by atoms with Crippen molar-refractivity contribution in [1.82, 2.24) is 9.55 Å². The molecule has 1 aromatic heterocycles. The minimum Gasteiger partial charge on any atom is -0.380 e. The van der Waals surface area contributed by atoms with Crippen LogP contribution in [-0.4, -0.2) is 16.7 Å². The molecule has 1 N–H and O–H groups in total. The van der Waals surface area contributed by atoms with E-state index in [0.717, 1.165) is 16.9 Å². The molecule has 1 heterocycles. The SMILES string of the molecule is COCc1cccc(-n2c(C)c[nH]c2=S)c1. The van der Waals surface area contributed by atoms with Gasteiger partial charge < -0.3 is 9.72 Å². The molecule has 0 aliphatic carbocycles. The van der Waals surface area contributed by atoms with Crippen molar-refractivity contribution in [1.29, 1.82) is 0 Å². The van der Waals surface area contributed by atoms with Gasteiger partial charge in [0.1, 0.15) is 0 Å². The Morgan fingerprint density at radius 3 is 2.88 bits per heavy atom. The van der Waals surface area contributed by atoms with Crippen LogP contribution in [-0.2, 0) is 11.3 Å². The van der Waals surface area contributed by atoms with Gasteiger partial charge in [-0.15, -0.1) is 0 Å². The fourth-order valence-electron chi connectivity index (χ4n) is 1.73. The number of nitrogens with zero attached hydrogens (tertiary/aromatic N) is 1. The molecular weight excluding hydrogens is 220 g/mol. The van der Waals surface area contributed by atoms with Crippen LogP contribution in [0.5, 0.6) is 0 Å². The number of aryl methyl sites for hydroxylation is 1. The largest absolute Gasteiger partial charge is 0.380 e. The first kappa shape index (κ1) is 11.1. The average Bonchev–Trinajstić information content (AvgIpc) is 2.59. The molecule has 2 rings (SSSR count). The predicted octanol–water partition coefficient (Wildman–Crippen LogP) is 2.99. The third kappa shape index (κ3) is 2.08. The van der Waals surface area contributed by atoms with Crippen LogP contribution in [0.3, 0.4) is 0 Å². The number of rotatable bonds is 3. The molecule has 0 saturated heterocycles. The lowest BCUT2D eigenvalue weighted by molar-refractivity contribution is 0.185. The number of imidazole rings is 1. The number of methoxy groups -OCH3 is 1. The maximum absolute atomic E-state index is 5.24. The van der Waals surface area contributed by atoms with E-state index in [4.69, 9.17) is 17.0 Å². The summed E-state index contributed by atoms with van der Waals surface area (Å²) in [4.78, 5) is 3.03. The minimum atomic E-state index is 0.616. The van der Waals surface area contributed by atoms with Crippen LogP contribution in [0.4, 0.5) is 0 Å². The van der Waals surface area contributed by atoms with E-state index in [1.165, 1.54) is 0 Å². The first-order chi connectivity index (χ1) is 7.72. The molecule has 16 heavy (non-hydrogen) atoms. The van der Waals surface area contributed by atoms with Crippen molar-refractivity contribution in [3.63, 3.8) is 0 Å². The van der Waals surface area contributed by atoms with Gasteiger partial charge in [0.15, 0.2) is 4.77 Å². The Labute approximate surface area is 99.7 Å². The van der Waals surface area contributed by atoms with Crippen LogP contribution in [0.15, 0.2) is 30.5 Å². The molecule has 1 aromatic carbocycles. The summed E-state index contributed by atoms with van der Waals surface area (Å²) < 4.78 is 7.84. The van der Waals surface area contributed by atoms with Crippen LogP contribution in [0.2, 0.25) is 0 Å². The number of ether oxygens (including phenoxy) is 1. The number of aromatic nitrogens is 2. The van der Waals surface area contributed by atoms with Crippen molar-refractivity contribution in [3.05, 3.63) is 46.5 Å². The van der Waals surface area contributed by atoms with Gasteiger partial charge >= 0.3 is 0 Å². The lowest BCUT2D eigenvalue weighted by Crippen LogP contribution is -1.98. The van der Waals surface area contributed by atoms with Gasteiger partial charge in [0.25, 0.3) is 0 Å². The summed E-state index contributed by atoms with van der Waals surface area (Å²) in [5.41, 5.74) is 3.31. The van der Waals surface area contributed by atoms with Gasteiger partial charge in [-0.25, -0.2) is 0 Å². The highest BCUT2D eigenvalue weighted by Crippen LogP contribution is 2.14. The molecule has 0 saturated carbocycles. The Bertz CT molecular complexity index is 542. The number of benzene rings is 1. The number of H-pyrrole nitrogens is 1. The molecule has 0 bridgehead atoms. The van der Waals surface area contributed by atoms with E-state index >= 15 is 0 Å². The maximum Gasteiger partial charge on any atom is 0.182 e. The quantitative estimate of drug-likeness (QED) is 0.827. The Kier molecular flexibility index (Phi) is 3.22. The Hall–Kier alpha value is -1.39. The van der Waals surface area contributed by atoms with Crippen molar-refractivity contribution < 1.29 is 4.74 Å². The van der Waals surface area contributed by atoms with Gasteiger partial charge in [-0.2, -0.15) is 0 Å². The Balaban J connectivity index is 2.48. The third-order valence-electron chi connectivity index (χ3n) is 2.44. The topological polar surface area (TPSA) is 29.9 Å². The molecule has 2 aromatic rings. The van der Waals surface area contributed by atoms with Crippen molar-refractivity contribution in [2.45, 2.75) is 13.5 Å². The molecule has 84 valence electrons. The molecular formula is C12H14N2OS. The second kappa shape index (κ2) is 4.63. The number of hydrogen-bond acceptors (Lipinski definition) is 2. The van der Waals surface area contributed by atoms with Crippen LogP contribution in [0, 0.1) is 11.7 Å². The molecule has 0 spiro atoms. The summed E-state index contributed by atoms with van der Waals surface area (Å²) in [5.74, 6) is 0. The summed E-state index contributed by atoms with van der Waals surface area (Å²) in [7, 11) is 1.69. The predicted molar refractivity (Wildman–Crippen MR) is 66.4 cm³/mol. The summed E-state index contributed by atoms with van der Waals surface area (Å²) in [5, 5.41) is 0. The van der Waals surface area contributed by atoms with E-state index in [2.05, 4.69) is 11.1 Å².